The minimum Gasteiger partial charge on any atom is -0.478 e. The molecule has 1 aromatic carbocycles. The standard InChI is InChI=1S/C15H20N2O3/c1-10(2)13(16)9-14(18)17-12-5-3-4-11(8-12)6-7-15(19)20/h3-8,10,13H,9,16H2,1-2H3,(H,17,18)(H,19,20)/b7-6+. The van der Waals surface area contributed by atoms with E-state index in [0.717, 1.165) is 6.08 Å². The molecule has 0 aliphatic rings. The zero-order valence-corrected chi connectivity index (χ0v) is 11.7. The maximum Gasteiger partial charge on any atom is 0.328 e. The second kappa shape index (κ2) is 7.45. The Labute approximate surface area is 118 Å². The molecule has 20 heavy (non-hydrogen) atoms. The normalized spacial score (nSPS) is 12.6. The molecule has 1 rings (SSSR count). The summed E-state index contributed by atoms with van der Waals surface area (Å²) in [5, 5.41) is 11.3. The zero-order chi connectivity index (χ0) is 15.1. The number of carboxylic acids is 1. The first-order valence-electron chi connectivity index (χ1n) is 6.45. The molecule has 1 amide bonds. The number of nitrogens with one attached hydrogen (secondary N) is 1. The first-order valence-corrected chi connectivity index (χ1v) is 6.45. The molecule has 0 aliphatic heterocycles. The fourth-order valence-corrected chi connectivity index (χ4v) is 1.55. The number of carbonyl (C=O) groups is 2. The van der Waals surface area contributed by atoms with Crippen LogP contribution in [0.2, 0.25) is 0 Å². The lowest BCUT2D eigenvalue weighted by Crippen LogP contribution is -2.31. The van der Waals surface area contributed by atoms with E-state index in [0.29, 0.717) is 11.3 Å². The Morgan fingerprint density at radius 2 is 2.10 bits per heavy atom. The van der Waals surface area contributed by atoms with Crippen molar-refractivity contribution in [1.29, 1.82) is 0 Å². The molecular formula is C15H20N2O3. The topological polar surface area (TPSA) is 92.4 Å². The van der Waals surface area contributed by atoms with Crippen LogP contribution in [0.1, 0.15) is 25.8 Å². The quantitative estimate of drug-likeness (QED) is 0.694. The highest BCUT2D eigenvalue weighted by atomic mass is 16.4. The van der Waals surface area contributed by atoms with Gasteiger partial charge in [0.05, 0.1) is 0 Å². The minimum absolute atomic E-state index is 0.148. The molecule has 0 saturated heterocycles. The average Bonchev–Trinajstić information content (AvgIpc) is 2.36. The summed E-state index contributed by atoms with van der Waals surface area (Å²) < 4.78 is 0. The molecular weight excluding hydrogens is 256 g/mol. The van der Waals surface area contributed by atoms with Gasteiger partial charge in [-0.05, 0) is 29.7 Å². The maximum atomic E-state index is 11.8. The number of rotatable bonds is 6. The van der Waals surface area contributed by atoms with Crippen LogP contribution in [0.4, 0.5) is 5.69 Å². The molecule has 1 unspecified atom stereocenters. The number of hydrogen-bond donors (Lipinski definition) is 3. The Balaban J connectivity index is 2.66. The van der Waals surface area contributed by atoms with Crippen molar-refractivity contribution in [2.24, 2.45) is 11.7 Å². The molecule has 5 nitrogen and oxygen atoms in total. The molecule has 108 valence electrons. The molecule has 0 spiro atoms. The van der Waals surface area contributed by atoms with Crippen LogP contribution in [0.15, 0.2) is 30.3 Å². The SMILES string of the molecule is CC(C)C(N)CC(=O)Nc1cccc(/C=C/C(=O)O)c1. The second-order valence-electron chi connectivity index (χ2n) is 4.96. The fraction of sp³-hybridized carbons (Fsp3) is 0.333. The van der Waals surface area contributed by atoms with E-state index in [1.807, 2.05) is 13.8 Å². The highest BCUT2D eigenvalue weighted by molar-refractivity contribution is 5.91. The Hall–Kier alpha value is -2.14. The van der Waals surface area contributed by atoms with Crippen LogP contribution < -0.4 is 11.1 Å². The fourth-order valence-electron chi connectivity index (χ4n) is 1.55. The second-order valence-corrected chi connectivity index (χ2v) is 4.96. The van der Waals surface area contributed by atoms with Crippen molar-refractivity contribution in [2.75, 3.05) is 5.32 Å². The number of benzene rings is 1. The molecule has 0 radical (unpaired) electrons. The van der Waals surface area contributed by atoms with Crippen molar-refractivity contribution < 1.29 is 14.7 Å². The first-order chi connectivity index (χ1) is 9.38. The van der Waals surface area contributed by atoms with Crippen molar-refractivity contribution in [3.63, 3.8) is 0 Å². The van der Waals surface area contributed by atoms with Crippen LogP contribution in [0.5, 0.6) is 0 Å². The Bertz CT molecular complexity index is 510. The van der Waals surface area contributed by atoms with Gasteiger partial charge in [0.2, 0.25) is 5.91 Å². The third-order valence-corrected chi connectivity index (χ3v) is 2.87. The van der Waals surface area contributed by atoms with Gasteiger partial charge in [-0.3, -0.25) is 4.79 Å². The molecule has 0 aliphatic carbocycles. The summed E-state index contributed by atoms with van der Waals surface area (Å²) in [4.78, 5) is 22.3. The summed E-state index contributed by atoms with van der Waals surface area (Å²) in [5.74, 6) is -0.918. The summed E-state index contributed by atoms with van der Waals surface area (Å²) in [6.45, 7) is 3.94. The lowest BCUT2D eigenvalue weighted by molar-refractivity contribution is -0.131. The lowest BCUT2D eigenvalue weighted by atomic mass is 10.0. The van der Waals surface area contributed by atoms with Crippen LogP contribution in [0.25, 0.3) is 6.08 Å². The third kappa shape index (κ3) is 5.67. The van der Waals surface area contributed by atoms with Gasteiger partial charge in [0, 0.05) is 24.2 Å². The van der Waals surface area contributed by atoms with Gasteiger partial charge in [0.1, 0.15) is 0 Å². The lowest BCUT2D eigenvalue weighted by Gasteiger charge is -2.15. The van der Waals surface area contributed by atoms with Crippen molar-refractivity contribution in [3.05, 3.63) is 35.9 Å². The number of hydrogen-bond acceptors (Lipinski definition) is 3. The summed E-state index contributed by atoms with van der Waals surface area (Å²) in [5.41, 5.74) is 7.18. The maximum absolute atomic E-state index is 11.8. The van der Waals surface area contributed by atoms with Crippen molar-refractivity contribution in [1.82, 2.24) is 0 Å². The number of carboxylic acid groups (broad SMARTS) is 1. The van der Waals surface area contributed by atoms with Gasteiger partial charge in [0.25, 0.3) is 0 Å². The minimum atomic E-state index is -1.01. The van der Waals surface area contributed by atoms with Crippen LogP contribution in [0, 0.1) is 5.92 Å². The van der Waals surface area contributed by atoms with Crippen LogP contribution >= 0.6 is 0 Å². The molecule has 5 heteroatoms. The van der Waals surface area contributed by atoms with Crippen LogP contribution in [-0.2, 0) is 9.59 Å². The Morgan fingerprint density at radius 1 is 1.40 bits per heavy atom. The van der Waals surface area contributed by atoms with Gasteiger partial charge in [0.15, 0.2) is 0 Å². The average molecular weight is 276 g/mol. The summed E-state index contributed by atoms with van der Waals surface area (Å²) in [6.07, 6.45) is 2.78. The van der Waals surface area contributed by atoms with E-state index >= 15 is 0 Å². The molecule has 0 aromatic heterocycles. The predicted molar refractivity (Wildman–Crippen MR) is 79.2 cm³/mol. The Kier molecular flexibility index (Phi) is 5.93. The largest absolute Gasteiger partial charge is 0.478 e. The number of carbonyl (C=O) groups excluding carboxylic acids is 1. The predicted octanol–water partition coefficient (Wildman–Crippen LogP) is 2.10. The van der Waals surface area contributed by atoms with Gasteiger partial charge in [-0.2, -0.15) is 0 Å². The van der Waals surface area contributed by atoms with E-state index in [4.69, 9.17) is 10.8 Å². The molecule has 0 fully saturated rings. The van der Waals surface area contributed by atoms with Crippen molar-refractivity contribution in [2.45, 2.75) is 26.3 Å². The van der Waals surface area contributed by atoms with Gasteiger partial charge in [-0.15, -0.1) is 0 Å². The zero-order valence-electron chi connectivity index (χ0n) is 11.7. The Morgan fingerprint density at radius 3 is 2.70 bits per heavy atom. The number of nitrogens with two attached hydrogens (primary N) is 1. The molecule has 0 bridgehead atoms. The van der Waals surface area contributed by atoms with E-state index in [9.17, 15) is 9.59 Å². The van der Waals surface area contributed by atoms with E-state index < -0.39 is 5.97 Å². The van der Waals surface area contributed by atoms with Gasteiger partial charge in [-0.25, -0.2) is 4.79 Å². The summed E-state index contributed by atoms with van der Waals surface area (Å²) in [7, 11) is 0. The van der Waals surface area contributed by atoms with E-state index in [1.54, 1.807) is 24.3 Å². The molecule has 1 atom stereocenters. The van der Waals surface area contributed by atoms with Crippen LogP contribution in [-0.4, -0.2) is 23.0 Å². The molecule has 4 N–H and O–H groups in total. The summed E-state index contributed by atoms with van der Waals surface area (Å²) in [6, 6.07) is 6.79. The van der Waals surface area contributed by atoms with Crippen molar-refractivity contribution in [3.8, 4) is 0 Å². The number of aliphatic carboxylic acids is 1. The summed E-state index contributed by atoms with van der Waals surface area (Å²) >= 11 is 0. The van der Waals surface area contributed by atoms with E-state index in [-0.39, 0.29) is 24.3 Å². The van der Waals surface area contributed by atoms with Crippen LogP contribution in [0.3, 0.4) is 0 Å². The monoisotopic (exact) mass is 276 g/mol. The van der Waals surface area contributed by atoms with Gasteiger partial charge >= 0.3 is 5.97 Å². The molecule has 0 heterocycles. The third-order valence-electron chi connectivity index (χ3n) is 2.87. The van der Waals surface area contributed by atoms with Gasteiger partial charge in [-0.1, -0.05) is 26.0 Å². The first kappa shape index (κ1) is 15.9. The number of amides is 1. The molecule has 0 saturated carbocycles. The smallest absolute Gasteiger partial charge is 0.328 e. The number of anilines is 1. The van der Waals surface area contributed by atoms with Gasteiger partial charge < -0.3 is 16.2 Å². The van der Waals surface area contributed by atoms with E-state index in [2.05, 4.69) is 5.32 Å². The highest BCUT2D eigenvalue weighted by Gasteiger charge is 2.12. The van der Waals surface area contributed by atoms with E-state index in [1.165, 1.54) is 6.08 Å². The highest BCUT2D eigenvalue weighted by Crippen LogP contribution is 2.13. The van der Waals surface area contributed by atoms with Crippen molar-refractivity contribution >= 4 is 23.6 Å². The molecule has 1 aromatic rings.